The Morgan fingerprint density at radius 1 is 1.35 bits per heavy atom. The number of hydrogen-bond donors (Lipinski definition) is 1. The van der Waals surface area contributed by atoms with Crippen LogP contribution in [0.1, 0.15) is 27.2 Å². The Morgan fingerprint density at radius 3 is 2.65 bits per heavy atom. The number of nitrogens with zero attached hydrogens (tertiary/aromatic N) is 2. The molecule has 1 heterocycles. The number of anilines is 1. The Balaban J connectivity index is 2.65. The van der Waals surface area contributed by atoms with E-state index in [-0.39, 0.29) is 5.56 Å². The van der Waals surface area contributed by atoms with Gasteiger partial charge < -0.3 is 10.3 Å². The number of nitrogen functional groups attached to an aromatic ring is 1. The summed E-state index contributed by atoms with van der Waals surface area (Å²) in [5.41, 5.74) is 6.33. The van der Waals surface area contributed by atoms with E-state index in [1.165, 1.54) is 6.07 Å². The standard InChI is InChI=1S/C13H23N3O/c1-4-7-15(11(2)3)8-9-16-10-12(14)5-6-13(16)17/h5-6,10-11H,4,7-9,14H2,1-3H3. The zero-order valence-electron chi connectivity index (χ0n) is 11.0. The van der Waals surface area contributed by atoms with E-state index in [0.29, 0.717) is 18.3 Å². The summed E-state index contributed by atoms with van der Waals surface area (Å²) in [7, 11) is 0. The zero-order valence-corrected chi connectivity index (χ0v) is 11.0. The Bertz CT molecular complexity index is 398. The zero-order chi connectivity index (χ0) is 12.8. The summed E-state index contributed by atoms with van der Waals surface area (Å²) in [6, 6.07) is 3.67. The van der Waals surface area contributed by atoms with Gasteiger partial charge >= 0.3 is 0 Å². The minimum Gasteiger partial charge on any atom is -0.398 e. The van der Waals surface area contributed by atoms with E-state index in [9.17, 15) is 4.79 Å². The molecule has 0 aliphatic heterocycles. The maximum Gasteiger partial charge on any atom is 0.250 e. The highest BCUT2D eigenvalue weighted by molar-refractivity contribution is 5.33. The Kier molecular flexibility index (Phi) is 5.22. The summed E-state index contributed by atoms with van der Waals surface area (Å²) in [6.07, 6.45) is 2.84. The summed E-state index contributed by atoms with van der Waals surface area (Å²) in [4.78, 5) is 14.0. The Morgan fingerprint density at radius 2 is 2.06 bits per heavy atom. The van der Waals surface area contributed by atoms with Crippen LogP contribution in [0.2, 0.25) is 0 Å². The van der Waals surface area contributed by atoms with Gasteiger partial charge in [-0.05, 0) is 32.9 Å². The third-order valence-electron chi connectivity index (χ3n) is 2.88. The van der Waals surface area contributed by atoms with Crippen molar-refractivity contribution >= 4 is 5.69 Å². The summed E-state index contributed by atoms with van der Waals surface area (Å²) in [6.45, 7) is 9.17. The van der Waals surface area contributed by atoms with Gasteiger partial charge in [-0.2, -0.15) is 0 Å². The van der Waals surface area contributed by atoms with Crippen molar-refractivity contribution in [1.29, 1.82) is 0 Å². The highest BCUT2D eigenvalue weighted by atomic mass is 16.1. The van der Waals surface area contributed by atoms with E-state index in [1.807, 2.05) is 0 Å². The third-order valence-corrected chi connectivity index (χ3v) is 2.88. The van der Waals surface area contributed by atoms with Crippen molar-refractivity contribution in [3.8, 4) is 0 Å². The maximum absolute atomic E-state index is 11.6. The first kappa shape index (κ1) is 13.8. The monoisotopic (exact) mass is 237 g/mol. The SMILES string of the molecule is CCCN(CCn1cc(N)ccc1=O)C(C)C. The molecule has 4 heteroatoms. The highest BCUT2D eigenvalue weighted by Gasteiger charge is 2.08. The van der Waals surface area contributed by atoms with Crippen LogP contribution in [0.3, 0.4) is 0 Å². The molecule has 0 unspecified atom stereocenters. The lowest BCUT2D eigenvalue weighted by Gasteiger charge is -2.26. The van der Waals surface area contributed by atoms with Crippen molar-refractivity contribution in [2.75, 3.05) is 18.8 Å². The lowest BCUT2D eigenvalue weighted by Crippen LogP contribution is -2.36. The third kappa shape index (κ3) is 4.23. The molecule has 2 N–H and O–H groups in total. The molecule has 0 aliphatic carbocycles. The van der Waals surface area contributed by atoms with E-state index in [0.717, 1.165) is 19.5 Å². The van der Waals surface area contributed by atoms with Crippen LogP contribution in [-0.4, -0.2) is 28.6 Å². The predicted molar refractivity (Wildman–Crippen MR) is 72.1 cm³/mol. The van der Waals surface area contributed by atoms with Crippen LogP contribution in [-0.2, 0) is 6.54 Å². The second-order valence-electron chi connectivity index (χ2n) is 4.62. The summed E-state index contributed by atoms with van der Waals surface area (Å²) >= 11 is 0. The Hall–Kier alpha value is -1.29. The molecule has 0 spiro atoms. The second kappa shape index (κ2) is 6.45. The molecule has 0 fully saturated rings. The first-order valence-corrected chi connectivity index (χ1v) is 6.24. The molecule has 0 amide bonds. The average molecular weight is 237 g/mol. The minimum absolute atomic E-state index is 0.0133. The molecule has 0 aliphatic rings. The van der Waals surface area contributed by atoms with Gasteiger partial charge in [0, 0.05) is 37.1 Å². The van der Waals surface area contributed by atoms with Gasteiger partial charge in [0.15, 0.2) is 0 Å². The van der Waals surface area contributed by atoms with Crippen molar-refractivity contribution in [1.82, 2.24) is 9.47 Å². The number of pyridine rings is 1. The van der Waals surface area contributed by atoms with Crippen molar-refractivity contribution < 1.29 is 0 Å². The molecule has 0 bridgehead atoms. The van der Waals surface area contributed by atoms with E-state index < -0.39 is 0 Å². The van der Waals surface area contributed by atoms with Gasteiger partial charge in [0.25, 0.3) is 5.56 Å². The molecule has 4 nitrogen and oxygen atoms in total. The fourth-order valence-corrected chi connectivity index (χ4v) is 1.88. The van der Waals surface area contributed by atoms with Crippen molar-refractivity contribution in [2.24, 2.45) is 0 Å². The number of rotatable bonds is 6. The van der Waals surface area contributed by atoms with Crippen LogP contribution in [0.4, 0.5) is 5.69 Å². The van der Waals surface area contributed by atoms with Gasteiger partial charge in [0.1, 0.15) is 0 Å². The smallest absolute Gasteiger partial charge is 0.250 e. The molecule has 0 saturated heterocycles. The molecular weight excluding hydrogens is 214 g/mol. The largest absolute Gasteiger partial charge is 0.398 e. The maximum atomic E-state index is 11.6. The number of hydrogen-bond acceptors (Lipinski definition) is 3. The van der Waals surface area contributed by atoms with Crippen LogP contribution < -0.4 is 11.3 Å². The average Bonchev–Trinajstić information content (AvgIpc) is 2.28. The normalized spacial score (nSPS) is 11.4. The fourth-order valence-electron chi connectivity index (χ4n) is 1.88. The lowest BCUT2D eigenvalue weighted by molar-refractivity contribution is 0.213. The second-order valence-corrected chi connectivity index (χ2v) is 4.62. The van der Waals surface area contributed by atoms with Gasteiger partial charge in [-0.1, -0.05) is 6.92 Å². The van der Waals surface area contributed by atoms with Crippen molar-refractivity contribution in [3.63, 3.8) is 0 Å². The predicted octanol–water partition coefficient (Wildman–Crippen LogP) is 1.55. The molecule has 1 aromatic rings. The van der Waals surface area contributed by atoms with Gasteiger partial charge in [0.2, 0.25) is 0 Å². The van der Waals surface area contributed by atoms with E-state index >= 15 is 0 Å². The molecular formula is C13H23N3O. The van der Waals surface area contributed by atoms with Gasteiger partial charge in [-0.25, -0.2) is 0 Å². The molecule has 96 valence electrons. The number of nitrogens with two attached hydrogens (primary N) is 1. The van der Waals surface area contributed by atoms with E-state index in [1.54, 1.807) is 16.8 Å². The van der Waals surface area contributed by atoms with Crippen LogP contribution in [0, 0.1) is 0 Å². The Labute approximate surface area is 103 Å². The molecule has 0 saturated carbocycles. The van der Waals surface area contributed by atoms with Crippen molar-refractivity contribution in [3.05, 3.63) is 28.7 Å². The first-order chi connectivity index (χ1) is 8.04. The molecule has 1 aromatic heterocycles. The highest BCUT2D eigenvalue weighted by Crippen LogP contribution is 2.01. The van der Waals surface area contributed by atoms with Gasteiger partial charge in [-0.3, -0.25) is 9.69 Å². The van der Waals surface area contributed by atoms with Crippen LogP contribution in [0.15, 0.2) is 23.1 Å². The van der Waals surface area contributed by atoms with Crippen LogP contribution >= 0.6 is 0 Å². The van der Waals surface area contributed by atoms with Gasteiger partial charge in [0.05, 0.1) is 0 Å². The summed E-state index contributed by atoms with van der Waals surface area (Å²) in [5, 5.41) is 0. The molecule has 0 atom stereocenters. The van der Waals surface area contributed by atoms with E-state index in [4.69, 9.17) is 5.73 Å². The fraction of sp³-hybridized carbons (Fsp3) is 0.615. The lowest BCUT2D eigenvalue weighted by atomic mass is 10.3. The van der Waals surface area contributed by atoms with Crippen LogP contribution in [0.25, 0.3) is 0 Å². The van der Waals surface area contributed by atoms with E-state index in [2.05, 4.69) is 25.7 Å². The van der Waals surface area contributed by atoms with Crippen LogP contribution in [0.5, 0.6) is 0 Å². The summed E-state index contributed by atoms with van der Waals surface area (Å²) in [5.74, 6) is 0. The summed E-state index contributed by atoms with van der Waals surface area (Å²) < 4.78 is 1.68. The molecule has 0 aromatic carbocycles. The first-order valence-electron chi connectivity index (χ1n) is 6.24. The molecule has 0 radical (unpaired) electrons. The quantitative estimate of drug-likeness (QED) is 0.816. The topological polar surface area (TPSA) is 51.3 Å². The molecule has 17 heavy (non-hydrogen) atoms. The molecule has 1 rings (SSSR count). The van der Waals surface area contributed by atoms with Crippen molar-refractivity contribution in [2.45, 2.75) is 39.8 Å². The number of aromatic nitrogens is 1. The minimum atomic E-state index is 0.0133. The van der Waals surface area contributed by atoms with Gasteiger partial charge in [-0.15, -0.1) is 0 Å².